The standard InChI is InChI=1S/C15H31F/c1-6-15(10-8-13(4)11-16)14(5)9-7-12(2)3/h12-15H,6-11H2,1-5H3. The van der Waals surface area contributed by atoms with E-state index in [0.29, 0.717) is 0 Å². The van der Waals surface area contributed by atoms with E-state index in [4.69, 9.17) is 0 Å². The third-order valence-electron chi connectivity index (χ3n) is 3.82. The van der Waals surface area contributed by atoms with Crippen LogP contribution in [-0.2, 0) is 0 Å². The highest BCUT2D eigenvalue weighted by molar-refractivity contribution is 4.67. The van der Waals surface area contributed by atoms with Gasteiger partial charge < -0.3 is 0 Å². The second kappa shape index (κ2) is 9.01. The average Bonchev–Trinajstić information content (AvgIpc) is 2.26. The van der Waals surface area contributed by atoms with Gasteiger partial charge in [-0.05, 0) is 36.5 Å². The van der Waals surface area contributed by atoms with Gasteiger partial charge in [0.15, 0.2) is 0 Å². The van der Waals surface area contributed by atoms with Crippen molar-refractivity contribution in [2.75, 3.05) is 6.67 Å². The van der Waals surface area contributed by atoms with Crippen molar-refractivity contribution >= 4 is 0 Å². The van der Waals surface area contributed by atoms with Crippen LogP contribution < -0.4 is 0 Å². The van der Waals surface area contributed by atoms with E-state index in [1.807, 2.05) is 6.92 Å². The van der Waals surface area contributed by atoms with Crippen molar-refractivity contribution in [1.29, 1.82) is 0 Å². The minimum Gasteiger partial charge on any atom is -0.251 e. The molecule has 0 aliphatic carbocycles. The van der Waals surface area contributed by atoms with Crippen LogP contribution in [0, 0.1) is 23.7 Å². The Morgan fingerprint density at radius 2 is 1.50 bits per heavy atom. The van der Waals surface area contributed by atoms with E-state index in [0.717, 1.165) is 24.2 Å². The summed E-state index contributed by atoms with van der Waals surface area (Å²) in [7, 11) is 0. The molecule has 0 aromatic rings. The minimum absolute atomic E-state index is 0.156. The van der Waals surface area contributed by atoms with Gasteiger partial charge in [0.25, 0.3) is 0 Å². The number of hydrogen-bond acceptors (Lipinski definition) is 0. The molecule has 0 saturated carbocycles. The predicted molar refractivity (Wildman–Crippen MR) is 71.4 cm³/mol. The zero-order valence-electron chi connectivity index (χ0n) is 11.9. The number of hydrogen-bond donors (Lipinski definition) is 0. The molecular formula is C15H31F. The molecule has 0 N–H and O–H groups in total. The van der Waals surface area contributed by atoms with Crippen molar-refractivity contribution in [1.82, 2.24) is 0 Å². The van der Waals surface area contributed by atoms with E-state index in [-0.39, 0.29) is 12.6 Å². The zero-order chi connectivity index (χ0) is 12.6. The van der Waals surface area contributed by atoms with Gasteiger partial charge in [-0.25, -0.2) is 0 Å². The fourth-order valence-corrected chi connectivity index (χ4v) is 2.30. The molecule has 0 aromatic heterocycles. The van der Waals surface area contributed by atoms with Gasteiger partial charge in [-0.2, -0.15) is 0 Å². The number of rotatable bonds is 9. The average molecular weight is 230 g/mol. The van der Waals surface area contributed by atoms with Crippen molar-refractivity contribution < 1.29 is 4.39 Å². The molecule has 0 rings (SSSR count). The molecule has 98 valence electrons. The molecule has 0 aromatic carbocycles. The highest BCUT2D eigenvalue weighted by Crippen LogP contribution is 2.27. The first-order valence-electron chi connectivity index (χ1n) is 7.07. The van der Waals surface area contributed by atoms with Gasteiger partial charge in [-0.1, -0.05) is 53.9 Å². The maximum atomic E-state index is 12.4. The highest BCUT2D eigenvalue weighted by atomic mass is 19.1. The molecule has 0 heterocycles. The molecule has 1 heteroatoms. The lowest BCUT2D eigenvalue weighted by atomic mass is 9.82. The van der Waals surface area contributed by atoms with E-state index in [1.54, 1.807) is 0 Å². The molecule has 0 nitrogen and oxygen atoms in total. The van der Waals surface area contributed by atoms with E-state index in [2.05, 4.69) is 27.7 Å². The van der Waals surface area contributed by atoms with Crippen LogP contribution in [0.15, 0.2) is 0 Å². The number of halogens is 1. The van der Waals surface area contributed by atoms with Crippen molar-refractivity contribution in [2.24, 2.45) is 23.7 Å². The second-order valence-corrected chi connectivity index (χ2v) is 5.95. The second-order valence-electron chi connectivity index (χ2n) is 5.95. The van der Waals surface area contributed by atoms with Gasteiger partial charge >= 0.3 is 0 Å². The molecule has 0 fully saturated rings. The molecule has 0 aliphatic rings. The third-order valence-corrected chi connectivity index (χ3v) is 3.82. The van der Waals surface area contributed by atoms with Crippen LogP contribution in [0.3, 0.4) is 0 Å². The summed E-state index contributed by atoms with van der Waals surface area (Å²) in [4.78, 5) is 0. The Kier molecular flexibility index (Phi) is 8.97. The van der Waals surface area contributed by atoms with Crippen LogP contribution in [0.2, 0.25) is 0 Å². The third kappa shape index (κ3) is 7.24. The van der Waals surface area contributed by atoms with Crippen molar-refractivity contribution in [3.63, 3.8) is 0 Å². The van der Waals surface area contributed by atoms with Gasteiger partial charge in [0.2, 0.25) is 0 Å². The summed E-state index contributed by atoms with van der Waals surface area (Å²) in [5, 5.41) is 0. The van der Waals surface area contributed by atoms with Gasteiger partial charge in [0, 0.05) is 0 Å². The maximum absolute atomic E-state index is 12.4. The molecule has 0 aliphatic heterocycles. The molecule has 0 amide bonds. The van der Waals surface area contributed by atoms with Crippen LogP contribution in [0.25, 0.3) is 0 Å². The maximum Gasteiger partial charge on any atom is 0.0919 e. The molecular weight excluding hydrogens is 199 g/mol. The van der Waals surface area contributed by atoms with Gasteiger partial charge in [-0.15, -0.1) is 0 Å². The monoisotopic (exact) mass is 230 g/mol. The molecule has 16 heavy (non-hydrogen) atoms. The normalized spacial score (nSPS) is 17.4. The van der Waals surface area contributed by atoms with Gasteiger partial charge in [0.1, 0.15) is 0 Å². The summed E-state index contributed by atoms with van der Waals surface area (Å²) in [6.07, 6.45) is 6.18. The van der Waals surface area contributed by atoms with Crippen molar-refractivity contribution in [2.45, 2.75) is 66.7 Å². The van der Waals surface area contributed by atoms with Gasteiger partial charge in [0.05, 0.1) is 6.67 Å². The highest BCUT2D eigenvalue weighted by Gasteiger charge is 2.16. The molecule has 0 spiro atoms. The Morgan fingerprint density at radius 3 is 1.94 bits per heavy atom. The Labute approximate surface area is 102 Å². The SMILES string of the molecule is CCC(CCC(C)CF)C(C)CCC(C)C. The quantitative estimate of drug-likeness (QED) is 0.492. The van der Waals surface area contributed by atoms with Crippen LogP contribution in [0.5, 0.6) is 0 Å². The lowest BCUT2D eigenvalue weighted by Gasteiger charge is -2.24. The summed E-state index contributed by atoms with van der Waals surface area (Å²) < 4.78 is 12.4. The van der Waals surface area contributed by atoms with Crippen LogP contribution in [-0.4, -0.2) is 6.67 Å². The van der Waals surface area contributed by atoms with E-state index < -0.39 is 0 Å². The van der Waals surface area contributed by atoms with E-state index in [1.165, 1.54) is 25.7 Å². The molecule has 0 radical (unpaired) electrons. The van der Waals surface area contributed by atoms with Gasteiger partial charge in [-0.3, -0.25) is 4.39 Å². The van der Waals surface area contributed by atoms with E-state index in [9.17, 15) is 4.39 Å². The Balaban J connectivity index is 3.86. The fourth-order valence-electron chi connectivity index (χ4n) is 2.30. The van der Waals surface area contributed by atoms with Crippen molar-refractivity contribution in [3.8, 4) is 0 Å². The smallest absolute Gasteiger partial charge is 0.0919 e. The molecule has 3 atom stereocenters. The summed E-state index contributed by atoms with van der Waals surface area (Å²) >= 11 is 0. The van der Waals surface area contributed by atoms with Crippen LogP contribution >= 0.6 is 0 Å². The summed E-state index contributed by atoms with van der Waals surface area (Å²) in [6.45, 7) is 11.1. The molecule has 3 unspecified atom stereocenters. The predicted octanol–water partition coefficient (Wildman–Crippen LogP) is 5.47. The Bertz CT molecular complexity index is 154. The van der Waals surface area contributed by atoms with Crippen LogP contribution in [0.1, 0.15) is 66.7 Å². The lowest BCUT2D eigenvalue weighted by Crippen LogP contribution is -2.13. The summed E-state index contributed by atoms with van der Waals surface area (Å²) in [5.74, 6) is 2.67. The molecule has 0 bridgehead atoms. The summed E-state index contributed by atoms with van der Waals surface area (Å²) in [6, 6.07) is 0. The molecule has 0 saturated heterocycles. The van der Waals surface area contributed by atoms with Crippen LogP contribution in [0.4, 0.5) is 4.39 Å². The first-order valence-corrected chi connectivity index (χ1v) is 7.07. The minimum atomic E-state index is -0.156. The largest absolute Gasteiger partial charge is 0.251 e. The number of alkyl halides is 1. The zero-order valence-corrected chi connectivity index (χ0v) is 11.9. The fraction of sp³-hybridized carbons (Fsp3) is 1.00. The Hall–Kier alpha value is -0.0700. The topological polar surface area (TPSA) is 0 Å². The Morgan fingerprint density at radius 1 is 0.875 bits per heavy atom. The lowest BCUT2D eigenvalue weighted by molar-refractivity contribution is 0.259. The first-order chi connectivity index (χ1) is 7.51. The van der Waals surface area contributed by atoms with E-state index >= 15 is 0 Å². The first kappa shape index (κ1) is 15.9. The summed E-state index contributed by atoms with van der Waals surface area (Å²) in [5.41, 5.74) is 0. The van der Waals surface area contributed by atoms with Crippen molar-refractivity contribution in [3.05, 3.63) is 0 Å².